The molecule has 0 radical (unpaired) electrons. The molecule has 8 heteroatoms. The number of rotatable bonds is 5. The summed E-state index contributed by atoms with van der Waals surface area (Å²) in [5, 5.41) is 3.33. The van der Waals surface area contributed by atoms with Crippen LogP contribution in [0, 0.1) is 0 Å². The molecule has 29 heavy (non-hydrogen) atoms. The molecule has 0 spiro atoms. The van der Waals surface area contributed by atoms with Crippen LogP contribution in [0.1, 0.15) is 11.1 Å². The molecule has 1 aliphatic rings. The minimum absolute atomic E-state index is 0.129. The van der Waals surface area contributed by atoms with E-state index >= 15 is 0 Å². The van der Waals surface area contributed by atoms with E-state index in [2.05, 4.69) is 9.71 Å². The van der Waals surface area contributed by atoms with Crippen LogP contribution in [-0.2, 0) is 16.6 Å². The predicted molar refractivity (Wildman–Crippen MR) is 113 cm³/mol. The zero-order chi connectivity index (χ0) is 20.4. The number of anilines is 1. The van der Waals surface area contributed by atoms with Gasteiger partial charge in [-0.3, -0.25) is 0 Å². The average Bonchev–Trinajstić information content (AvgIpc) is 2.72. The van der Waals surface area contributed by atoms with Crippen LogP contribution in [0.4, 0.5) is 5.69 Å². The van der Waals surface area contributed by atoms with Crippen LogP contribution in [0.3, 0.4) is 0 Å². The highest BCUT2D eigenvalue weighted by molar-refractivity contribution is 7.90. The summed E-state index contributed by atoms with van der Waals surface area (Å²) in [5.74, 6) is 0.920. The van der Waals surface area contributed by atoms with Crippen molar-refractivity contribution in [3.05, 3.63) is 82.9 Å². The van der Waals surface area contributed by atoms with Crippen molar-refractivity contribution < 1.29 is 17.9 Å². The van der Waals surface area contributed by atoms with Crippen LogP contribution in [0.2, 0.25) is 5.02 Å². The second-order valence-electron chi connectivity index (χ2n) is 6.30. The van der Waals surface area contributed by atoms with E-state index in [9.17, 15) is 8.42 Å². The lowest BCUT2D eigenvalue weighted by Crippen LogP contribution is -2.22. The zero-order valence-electron chi connectivity index (χ0n) is 15.4. The van der Waals surface area contributed by atoms with Crippen molar-refractivity contribution in [1.82, 2.24) is 0 Å². The SMILES string of the molecule is COc1cc(C2=NS(=O)(=O)c3ccccc3N2)cc(Cl)c1OCc1ccccc1. The molecule has 0 unspecified atom stereocenters. The Hall–Kier alpha value is -3.03. The molecule has 3 aromatic carbocycles. The van der Waals surface area contributed by atoms with Gasteiger partial charge < -0.3 is 14.8 Å². The van der Waals surface area contributed by atoms with Gasteiger partial charge in [-0.2, -0.15) is 8.42 Å². The second-order valence-corrected chi connectivity index (χ2v) is 8.28. The first-order valence-electron chi connectivity index (χ1n) is 8.73. The lowest BCUT2D eigenvalue weighted by molar-refractivity contribution is 0.284. The first kappa shape index (κ1) is 19.3. The maximum atomic E-state index is 12.5. The average molecular weight is 429 g/mol. The molecule has 0 atom stereocenters. The lowest BCUT2D eigenvalue weighted by Gasteiger charge is -2.20. The Balaban J connectivity index is 1.68. The van der Waals surface area contributed by atoms with Gasteiger partial charge in [0.15, 0.2) is 17.3 Å². The summed E-state index contributed by atoms with van der Waals surface area (Å²) in [5.41, 5.74) is 1.91. The number of ether oxygens (including phenoxy) is 2. The van der Waals surface area contributed by atoms with Crippen molar-refractivity contribution >= 4 is 33.1 Å². The van der Waals surface area contributed by atoms with E-state index < -0.39 is 10.0 Å². The molecule has 0 saturated carbocycles. The number of benzene rings is 3. The largest absolute Gasteiger partial charge is 0.493 e. The van der Waals surface area contributed by atoms with E-state index in [1.54, 1.807) is 30.3 Å². The normalized spacial score (nSPS) is 14.3. The first-order chi connectivity index (χ1) is 14.0. The van der Waals surface area contributed by atoms with Gasteiger partial charge in [-0.25, -0.2) is 0 Å². The highest BCUT2D eigenvalue weighted by Gasteiger charge is 2.26. The number of methoxy groups -OCH3 is 1. The van der Waals surface area contributed by atoms with Gasteiger partial charge in [0.25, 0.3) is 10.0 Å². The van der Waals surface area contributed by atoms with Gasteiger partial charge in [0.2, 0.25) is 0 Å². The number of nitrogens with one attached hydrogen (secondary N) is 1. The van der Waals surface area contributed by atoms with Crippen LogP contribution in [0.5, 0.6) is 11.5 Å². The molecule has 0 aromatic heterocycles. The minimum atomic E-state index is -3.82. The van der Waals surface area contributed by atoms with Crippen molar-refractivity contribution in [3.63, 3.8) is 0 Å². The van der Waals surface area contributed by atoms with E-state index in [0.29, 0.717) is 29.4 Å². The third-order valence-corrected chi connectivity index (χ3v) is 5.97. The number of fused-ring (bicyclic) bond motifs is 1. The van der Waals surface area contributed by atoms with Crippen LogP contribution in [0.25, 0.3) is 0 Å². The van der Waals surface area contributed by atoms with Crippen LogP contribution in [0.15, 0.2) is 76.0 Å². The van der Waals surface area contributed by atoms with E-state index in [0.717, 1.165) is 5.56 Å². The Morgan fingerprint density at radius 2 is 1.76 bits per heavy atom. The monoisotopic (exact) mass is 428 g/mol. The third-order valence-electron chi connectivity index (χ3n) is 4.36. The molecule has 148 valence electrons. The van der Waals surface area contributed by atoms with Crippen molar-refractivity contribution in [2.75, 3.05) is 12.4 Å². The summed E-state index contributed by atoms with van der Waals surface area (Å²) < 4.78 is 40.2. The van der Waals surface area contributed by atoms with Crippen molar-refractivity contribution in [3.8, 4) is 11.5 Å². The highest BCUT2D eigenvalue weighted by atomic mass is 35.5. The predicted octanol–water partition coefficient (Wildman–Crippen LogP) is 4.49. The number of hydrogen-bond donors (Lipinski definition) is 1. The fourth-order valence-electron chi connectivity index (χ4n) is 2.97. The van der Waals surface area contributed by atoms with Crippen LogP contribution in [-0.4, -0.2) is 21.4 Å². The summed E-state index contributed by atoms with van der Waals surface area (Å²) in [6, 6.07) is 19.5. The summed E-state index contributed by atoms with van der Waals surface area (Å²) in [6.07, 6.45) is 0. The van der Waals surface area contributed by atoms with Gasteiger partial charge in [0.1, 0.15) is 11.5 Å². The molecule has 0 aliphatic carbocycles. The second kappa shape index (κ2) is 7.77. The fraction of sp³-hybridized carbons (Fsp3) is 0.0952. The Morgan fingerprint density at radius 3 is 2.52 bits per heavy atom. The highest BCUT2D eigenvalue weighted by Crippen LogP contribution is 2.38. The quantitative estimate of drug-likeness (QED) is 0.648. The van der Waals surface area contributed by atoms with Gasteiger partial charge in [-0.1, -0.05) is 54.1 Å². The number of nitrogens with zero attached hydrogens (tertiary/aromatic N) is 1. The Labute approximate surface area is 173 Å². The number of sulfonamides is 1. The molecule has 0 amide bonds. The molecular weight excluding hydrogens is 412 g/mol. The Bertz CT molecular complexity index is 1190. The number of hydrogen-bond acceptors (Lipinski definition) is 5. The number of halogens is 1. The molecule has 3 aromatic rings. The van der Waals surface area contributed by atoms with Crippen molar-refractivity contribution in [1.29, 1.82) is 0 Å². The molecule has 6 nitrogen and oxygen atoms in total. The fourth-order valence-corrected chi connectivity index (χ4v) is 4.37. The molecule has 1 aliphatic heterocycles. The first-order valence-corrected chi connectivity index (χ1v) is 10.6. The molecular formula is C21H17ClN2O4S. The molecule has 0 saturated heterocycles. The Morgan fingerprint density at radius 1 is 1.03 bits per heavy atom. The molecule has 1 N–H and O–H groups in total. The summed E-state index contributed by atoms with van der Waals surface area (Å²) in [6.45, 7) is 0.317. The molecule has 0 fully saturated rings. The number of amidine groups is 1. The van der Waals surface area contributed by atoms with E-state index in [-0.39, 0.29) is 15.8 Å². The van der Waals surface area contributed by atoms with Gasteiger partial charge in [-0.15, -0.1) is 4.40 Å². The molecule has 1 heterocycles. The maximum Gasteiger partial charge on any atom is 0.286 e. The van der Waals surface area contributed by atoms with Gasteiger partial charge in [0.05, 0.1) is 17.8 Å². The van der Waals surface area contributed by atoms with E-state index in [1.165, 1.54) is 13.2 Å². The molecule has 0 bridgehead atoms. The summed E-state index contributed by atoms with van der Waals surface area (Å²) >= 11 is 6.43. The lowest BCUT2D eigenvalue weighted by atomic mass is 10.1. The van der Waals surface area contributed by atoms with E-state index in [1.807, 2.05) is 30.3 Å². The van der Waals surface area contributed by atoms with Crippen LogP contribution >= 0.6 is 11.6 Å². The van der Waals surface area contributed by atoms with Crippen LogP contribution < -0.4 is 14.8 Å². The van der Waals surface area contributed by atoms with E-state index in [4.69, 9.17) is 21.1 Å². The zero-order valence-corrected chi connectivity index (χ0v) is 17.0. The van der Waals surface area contributed by atoms with Gasteiger partial charge in [-0.05, 0) is 29.8 Å². The smallest absolute Gasteiger partial charge is 0.286 e. The summed E-state index contributed by atoms with van der Waals surface area (Å²) in [7, 11) is -2.32. The van der Waals surface area contributed by atoms with Gasteiger partial charge in [0, 0.05) is 5.56 Å². The molecule has 4 rings (SSSR count). The van der Waals surface area contributed by atoms with Crippen molar-refractivity contribution in [2.45, 2.75) is 11.5 Å². The number of para-hydroxylation sites is 1. The maximum absolute atomic E-state index is 12.5. The minimum Gasteiger partial charge on any atom is -0.493 e. The Kier molecular flexibility index (Phi) is 5.17. The van der Waals surface area contributed by atoms with Crippen molar-refractivity contribution in [2.24, 2.45) is 4.40 Å². The standard InChI is InChI=1S/C21H17ClN2O4S/c1-27-18-12-15(11-16(22)20(18)28-13-14-7-3-2-4-8-14)21-23-17-9-5-6-10-19(17)29(25,26)24-21/h2-12H,13H2,1H3,(H,23,24). The van der Waals surface area contributed by atoms with Gasteiger partial charge >= 0.3 is 0 Å². The summed E-state index contributed by atoms with van der Waals surface area (Å²) in [4.78, 5) is 0.129. The third kappa shape index (κ3) is 3.92. The topological polar surface area (TPSA) is 77.0 Å².